The number of nitrogen functional groups attached to an aromatic ring is 1. The van der Waals surface area contributed by atoms with Crippen LogP contribution in [0.1, 0.15) is 36.4 Å². The van der Waals surface area contributed by atoms with E-state index >= 15 is 0 Å². The Morgan fingerprint density at radius 2 is 2.42 bits per heavy atom. The highest BCUT2D eigenvalue weighted by Gasteiger charge is 2.23. The van der Waals surface area contributed by atoms with Crippen molar-refractivity contribution in [1.29, 1.82) is 0 Å². The number of nitrogens with zero attached hydrogens (tertiary/aromatic N) is 2. The fraction of sp³-hybridized carbons (Fsp3) is 0.538. The lowest BCUT2D eigenvalue weighted by Crippen LogP contribution is -2.16. The average Bonchev–Trinajstić information content (AvgIpc) is 3.06. The molecule has 19 heavy (non-hydrogen) atoms. The number of ether oxygens (including phenoxy) is 1. The Labute approximate surface area is 115 Å². The minimum Gasteiger partial charge on any atom is -0.390 e. The van der Waals surface area contributed by atoms with E-state index in [-0.39, 0.29) is 5.92 Å². The van der Waals surface area contributed by atoms with E-state index in [0.717, 1.165) is 42.3 Å². The molecule has 3 heterocycles. The molecule has 0 saturated carbocycles. The number of nitrogens with two attached hydrogens (primary N) is 1. The molecule has 0 aliphatic carbocycles. The topological polar surface area (TPSA) is 74.2 Å². The van der Waals surface area contributed by atoms with Crippen LogP contribution >= 0.6 is 11.3 Å². The van der Waals surface area contributed by atoms with E-state index in [1.807, 2.05) is 6.07 Å². The van der Waals surface area contributed by atoms with Crippen LogP contribution in [0.15, 0.2) is 10.6 Å². The molecule has 1 atom stereocenters. The van der Waals surface area contributed by atoms with Crippen LogP contribution in [-0.2, 0) is 11.2 Å². The second kappa shape index (κ2) is 5.30. The molecule has 2 N–H and O–H groups in total. The Morgan fingerprint density at radius 1 is 1.53 bits per heavy atom. The van der Waals surface area contributed by atoms with E-state index in [0.29, 0.717) is 12.5 Å². The number of hydrogen-bond acceptors (Lipinski definition) is 6. The van der Waals surface area contributed by atoms with Gasteiger partial charge in [-0.05, 0) is 25.3 Å². The predicted molar refractivity (Wildman–Crippen MR) is 74.2 cm³/mol. The van der Waals surface area contributed by atoms with Gasteiger partial charge in [-0.2, -0.15) is 4.98 Å². The predicted octanol–water partition coefficient (Wildman–Crippen LogP) is 2.84. The standard InChI is InChI=1S/C13H17N3O2S/c1-2-9-6-10(11(14)19-9)13-15-12(16-18-13)8-4-3-5-17-7-8/h6,8H,2-5,7,14H2,1H3. The fourth-order valence-electron chi connectivity index (χ4n) is 2.25. The van der Waals surface area contributed by atoms with Crippen molar-refractivity contribution in [2.45, 2.75) is 32.1 Å². The molecule has 5 nitrogen and oxygen atoms in total. The Hall–Kier alpha value is -1.40. The van der Waals surface area contributed by atoms with E-state index in [4.69, 9.17) is 15.0 Å². The summed E-state index contributed by atoms with van der Waals surface area (Å²) in [6.45, 7) is 3.62. The molecule has 6 heteroatoms. The SMILES string of the molecule is CCc1cc(-c2nc(C3CCCOC3)no2)c(N)s1. The minimum atomic E-state index is 0.247. The molecule has 3 rings (SSSR count). The summed E-state index contributed by atoms with van der Waals surface area (Å²) < 4.78 is 10.8. The van der Waals surface area contributed by atoms with Crippen molar-refractivity contribution < 1.29 is 9.26 Å². The van der Waals surface area contributed by atoms with Crippen molar-refractivity contribution in [1.82, 2.24) is 10.1 Å². The lowest BCUT2D eigenvalue weighted by molar-refractivity contribution is 0.0773. The van der Waals surface area contributed by atoms with Crippen molar-refractivity contribution in [2.75, 3.05) is 18.9 Å². The van der Waals surface area contributed by atoms with Gasteiger partial charge in [0.2, 0.25) is 0 Å². The number of thiophene rings is 1. The summed E-state index contributed by atoms with van der Waals surface area (Å²) >= 11 is 1.58. The second-order valence-corrected chi connectivity index (χ2v) is 5.88. The minimum absolute atomic E-state index is 0.247. The maximum atomic E-state index is 6.00. The molecule has 0 spiro atoms. The molecule has 0 radical (unpaired) electrons. The summed E-state index contributed by atoms with van der Waals surface area (Å²) in [6.07, 6.45) is 3.07. The van der Waals surface area contributed by atoms with Gasteiger partial charge in [0.15, 0.2) is 5.82 Å². The van der Waals surface area contributed by atoms with E-state index in [9.17, 15) is 0 Å². The van der Waals surface area contributed by atoms with Crippen molar-refractivity contribution in [3.63, 3.8) is 0 Å². The van der Waals surface area contributed by atoms with Gasteiger partial charge in [0.1, 0.15) is 0 Å². The second-order valence-electron chi connectivity index (χ2n) is 4.72. The monoisotopic (exact) mass is 279 g/mol. The molecule has 102 valence electrons. The van der Waals surface area contributed by atoms with Crippen molar-refractivity contribution in [2.24, 2.45) is 0 Å². The molecule has 1 aliphatic heterocycles. The Kier molecular flexibility index (Phi) is 3.52. The quantitative estimate of drug-likeness (QED) is 0.935. The van der Waals surface area contributed by atoms with E-state index in [1.54, 1.807) is 11.3 Å². The molecular weight excluding hydrogens is 262 g/mol. The van der Waals surface area contributed by atoms with Gasteiger partial charge in [-0.3, -0.25) is 0 Å². The fourth-order valence-corrected chi connectivity index (χ4v) is 3.11. The smallest absolute Gasteiger partial charge is 0.260 e. The Bertz CT molecular complexity index is 558. The Balaban J connectivity index is 1.85. The molecule has 2 aromatic rings. The van der Waals surface area contributed by atoms with E-state index in [1.165, 1.54) is 4.88 Å². The van der Waals surface area contributed by atoms with Crippen LogP contribution in [0, 0.1) is 0 Å². The van der Waals surface area contributed by atoms with Gasteiger partial charge in [0, 0.05) is 17.4 Å². The largest absolute Gasteiger partial charge is 0.390 e. The average molecular weight is 279 g/mol. The zero-order valence-electron chi connectivity index (χ0n) is 10.9. The number of aromatic nitrogens is 2. The molecule has 0 amide bonds. The van der Waals surface area contributed by atoms with Gasteiger partial charge in [-0.15, -0.1) is 11.3 Å². The van der Waals surface area contributed by atoms with Crippen LogP contribution in [0.2, 0.25) is 0 Å². The third-order valence-corrected chi connectivity index (χ3v) is 4.47. The van der Waals surface area contributed by atoms with Gasteiger partial charge in [0.05, 0.1) is 17.2 Å². The first kappa shape index (κ1) is 12.6. The molecule has 0 aromatic carbocycles. The third kappa shape index (κ3) is 2.50. The van der Waals surface area contributed by atoms with Gasteiger partial charge in [-0.1, -0.05) is 12.1 Å². The summed E-state index contributed by atoms with van der Waals surface area (Å²) in [4.78, 5) is 5.71. The Morgan fingerprint density at radius 3 is 3.11 bits per heavy atom. The van der Waals surface area contributed by atoms with Crippen LogP contribution in [0.3, 0.4) is 0 Å². The van der Waals surface area contributed by atoms with Crippen molar-refractivity contribution >= 4 is 16.3 Å². The van der Waals surface area contributed by atoms with Crippen LogP contribution in [-0.4, -0.2) is 23.4 Å². The number of anilines is 1. The molecule has 1 unspecified atom stereocenters. The molecule has 2 aromatic heterocycles. The first-order valence-corrected chi connectivity index (χ1v) is 7.39. The first-order chi connectivity index (χ1) is 9.28. The molecule has 1 aliphatic rings. The van der Waals surface area contributed by atoms with Gasteiger partial charge >= 0.3 is 0 Å². The maximum Gasteiger partial charge on any atom is 0.260 e. The third-order valence-electron chi connectivity index (χ3n) is 3.36. The zero-order valence-corrected chi connectivity index (χ0v) is 11.7. The van der Waals surface area contributed by atoms with Gasteiger partial charge in [0.25, 0.3) is 5.89 Å². The molecular formula is C13H17N3O2S. The summed E-state index contributed by atoms with van der Waals surface area (Å²) in [7, 11) is 0. The van der Waals surface area contributed by atoms with Gasteiger partial charge in [-0.25, -0.2) is 0 Å². The number of hydrogen-bond donors (Lipinski definition) is 1. The highest BCUT2D eigenvalue weighted by atomic mass is 32.1. The van der Waals surface area contributed by atoms with Crippen molar-refractivity contribution in [3.05, 3.63) is 16.8 Å². The number of aryl methyl sites for hydroxylation is 1. The summed E-state index contributed by atoms with van der Waals surface area (Å²) in [5.74, 6) is 1.50. The molecule has 1 saturated heterocycles. The lowest BCUT2D eigenvalue weighted by atomic mass is 10.0. The van der Waals surface area contributed by atoms with Crippen LogP contribution in [0.25, 0.3) is 11.5 Å². The van der Waals surface area contributed by atoms with Gasteiger partial charge < -0.3 is 15.0 Å². The van der Waals surface area contributed by atoms with E-state index in [2.05, 4.69) is 17.1 Å². The van der Waals surface area contributed by atoms with Crippen LogP contribution in [0.5, 0.6) is 0 Å². The first-order valence-electron chi connectivity index (χ1n) is 6.57. The molecule has 0 bridgehead atoms. The highest BCUT2D eigenvalue weighted by Crippen LogP contribution is 2.34. The van der Waals surface area contributed by atoms with Crippen LogP contribution < -0.4 is 5.73 Å². The van der Waals surface area contributed by atoms with Crippen LogP contribution in [0.4, 0.5) is 5.00 Å². The zero-order chi connectivity index (χ0) is 13.2. The maximum absolute atomic E-state index is 6.00. The summed E-state index contributed by atoms with van der Waals surface area (Å²) in [5, 5.41) is 4.82. The molecule has 1 fully saturated rings. The summed E-state index contributed by atoms with van der Waals surface area (Å²) in [6, 6.07) is 2.04. The highest BCUT2D eigenvalue weighted by molar-refractivity contribution is 7.16. The number of rotatable bonds is 3. The summed E-state index contributed by atoms with van der Waals surface area (Å²) in [5.41, 5.74) is 6.86. The van der Waals surface area contributed by atoms with E-state index < -0.39 is 0 Å². The van der Waals surface area contributed by atoms with Crippen molar-refractivity contribution in [3.8, 4) is 11.5 Å². The normalized spacial score (nSPS) is 19.7. The lowest BCUT2D eigenvalue weighted by Gasteiger charge is -2.18.